The molecule has 1 aromatic heterocycles. The largest absolute Gasteiger partial charge is 0.494 e. The number of carbonyl (C=O) groups is 2. The molecular weight excluding hydrogens is 344 g/mol. The van der Waals surface area contributed by atoms with Crippen LogP contribution >= 0.6 is 15.9 Å². The summed E-state index contributed by atoms with van der Waals surface area (Å²) in [5.41, 5.74) is 0.0208. The topological polar surface area (TPSA) is 98.6 Å². The first-order chi connectivity index (χ1) is 9.75. The van der Waals surface area contributed by atoms with E-state index in [9.17, 15) is 9.59 Å². The number of carbonyl (C=O) groups excluding carboxylic acids is 2. The van der Waals surface area contributed by atoms with Crippen LogP contribution in [0, 0.1) is 11.3 Å². The van der Waals surface area contributed by atoms with Crippen molar-refractivity contribution >= 4 is 33.6 Å². The van der Waals surface area contributed by atoms with Crippen molar-refractivity contribution < 1.29 is 23.8 Å². The molecular formula is C13H13BrN2O5. The van der Waals surface area contributed by atoms with Gasteiger partial charge in [0.2, 0.25) is 0 Å². The highest BCUT2D eigenvalue weighted by Gasteiger charge is 2.45. The smallest absolute Gasteiger partial charge is 0.329 e. The van der Waals surface area contributed by atoms with E-state index in [4.69, 9.17) is 19.6 Å². The van der Waals surface area contributed by atoms with Gasteiger partial charge in [0.15, 0.2) is 11.7 Å². The summed E-state index contributed by atoms with van der Waals surface area (Å²) in [6.45, 7) is 2.90. The van der Waals surface area contributed by atoms with Crippen molar-refractivity contribution in [1.29, 1.82) is 5.41 Å². The Hall–Kier alpha value is -1.96. The van der Waals surface area contributed by atoms with E-state index in [0.717, 1.165) is 0 Å². The number of nitrogens with zero attached hydrogens (tertiary/aromatic N) is 1. The molecule has 0 radical (unpaired) electrons. The van der Waals surface area contributed by atoms with E-state index in [1.54, 1.807) is 0 Å². The Morgan fingerprint density at radius 3 is 2.48 bits per heavy atom. The molecule has 1 aliphatic rings. The van der Waals surface area contributed by atoms with Crippen molar-refractivity contribution in [1.82, 2.24) is 4.98 Å². The fourth-order valence-corrected chi connectivity index (χ4v) is 2.22. The van der Waals surface area contributed by atoms with Crippen LogP contribution in [0.5, 0.6) is 5.75 Å². The monoisotopic (exact) mass is 356 g/mol. The van der Waals surface area contributed by atoms with Crippen molar-refractivity contribution in [2.45, 2.75) is 19.6 Å². The molecule has 1 N–H and O–H groups in total. The molecule has 1 fully saturated rings. The summed E-state index contributed by atoms with van der Waals surface area (Å²) in [4.78, 5) is 27.9. The number of aromatic nitrogens is 1. The summed E-state index contributed by atoms with van der Waals surface area (Å²) in [5, 5.41) is 8.04. The summed E-state index contributed by atoms with van der Waals surface area (Å²) in [6, 6.07) is 1.50. The van der Waals surface area contributed by atoms with Crippen LogP contribution in [-0.4, -0.2) is 35.5 Å². The van der Waals surface area contributed by atoms with Gasteiger partial charge < -0.3 is 19.6 Å². The Labute approximate surface area is 129 Å². The first-order valence-electron chi connectivity index (χ1n) is 5.99. The summed E-state index contributed by atoms with van der Waals surface area (Å²) >= 11 is 3.18. The Morgan fingerprint density at radius 1 is 1.38 bits per heavy atom. The van der Waals surface area contributed by atoms with Gasteiger partial charge in [0.1, 0.15) is 4.60 Å². The zero-order valence-corrected chi connectivity index (χ0v) is 13.2. The fraction of sp³-hybridized carbons (Fsp3) is 0.385. The van der Waals surface area contributed by atoms with Crippen LogP contribution in [0.4, 0.5) is 0 Å². The van der Waals surface area contributed by atoms with Crippen molar-refractivity contribution in [2.24, 2.45) is 5.92 Å². The van der Waals surface area contributed by atoms with E-state index in [2.05, 4.69) is 20.9 Å². The van der Waals surface area contributed by atoms with Gasteiger partial charge in [-0.25, -0.2) is 4.98 Å². The third-order valence-electron chi connectivity index (χ3n) is 2.79. The second kappa shape index (κ2) is 5.44. The van der Waals surface area contributed by atoms with Gasteiger partial charge in [0.25, 0.3) is 5.79 Å². The Bertz CT molecular complexity index is 609. The minimum atomic E-state index is -1.43. The second-order valence-electron chi connectivity index (χ2n) is 4.81. The second-order valence-corrected chi connectivity index (χ2v) is 5.56. The molecule has 0 amide bonds. The number of pyridine rings is 1. The van der Waals surface area contributed by atoms with Gasteiger partial charge in [-0.1, -0.05) is 0 Å². The first kappa shape index (κ1) is 15.4. The number of ether oxygens (including phenoxy) is 3. The molecule has 0 spiro atoms. The van der Waals surface area contributed by atoms with Gasteiger partial charge in [0.05, 0.1) is 12.8 Å². The predicted molar refractivity (Wildman–Crippen MR) is 75.1 cm³/mol. The predicted octanol–water partition coefficient (Wildman–Crippen LogP) is 1.67. The van der Waals surface area contributed by atoms with Crippen LogP contribution in [0.2, 0.25) is 0 Å². The summed E-state index contributed by atoms with van der Waals surface area (Å²) < 4.78 is 15.5. The minimum absolute atomic E-state index is 0.251. The number of rotatable bonds is 3. The van der Waals surface area contributed by atoms with E-state index < -0.39 is 23.6 Å². The van der Waals surface area contributed by atoms with Gasteiger partial charge in [0, 0.05) is 25.6 Å². The summed E-state index contributed by atoms with van der Waals surface area (Å²) in [7, 11) is 1.45. The lowest BCUT2D eigenvalue weighted by Gasteiger charge is -2.33. The van der Waals surface area contributed by atoms with Gasteiger partial charge >= 0.3 is 11.9 Å². The molecule has 8 heteroatoms. The summed E-state index contributed by atoms with van der Waals surface area (Å²) in [6.07, 6.45) is 1.36. The SMILES string of the molecule is COc1cc(C(=N)C2C(=O)OC(C)(C)OC2=O)cnc1Br. The molecule has 1 saturated heterocycles. The van der Waals surface area contributed by atoms with Crippen molar-refractivity contribution in [3.05, 3.63) is 22.4 Å². The van der Waals surface area contributed by atoms with Crippen LogP contribution in [0.3, 0.4) is 0 Å². The number of hydrogen-bond donors (Lipinski definition) is 1. The quantitative estimate of drug-likeness (QED) is 0.382. The van der Waals surface area contributed by atoms with E-state index in [-0.39, 0.29) is 11.3 Å². The zero-order chi connectivity index (χ0) is 15.8. The molecule has 0 unspecified atom stereocenters. The lowest BCUT2D eigenvalue weighted by Crippen LogP contribution is -2.49. The van der Waals surface area contributed by atoms with E-state index in [1.165, 1.54) is 33.2 Å². The Kier molecular flexibility index (Phi) is 3.99. The average molecular weight is 357 g/mol. The molecule has 0 saturated carbocycles. The van der Waals surface area contributed by atoms with E-state index >= 15 is 0 Å². The van der Waals surface area contributed by atoms with Crippen LogP contribution in [0.1, 0.15) is 19.4 Å². The third-order valence-corrected chi connectivity index (χ3v) is 3.39. The normalized spacial score (nSPS) is 17.9. The molecule has 0 atom stereocenters. The highest BCUT2D eigenvalue weighted by molar-refractivity contribution is 9.10. The molecule has 0 bridgehead atoms. The molecule has 21 heavy (non-hydrogen) atoms. The molecule has 2 rings (SSSR count). The maximum absolute atomic E-state index is 11.9. The number of nitrogens with one attached hydrogen (secondary N) is 1. The van der Waals surface area contributed by atoms with Gasteiger partial charge in [-0.15, -0.1) is 0 Å². The zero-order valence-electron chi connectivity index (χ0n) is 11.6. The molecule has 0 aromatic carbocycles. The van der Waals surface area contributed by atoms with Crippen molar-refractivity contribution in [3.8, 4) is 5.75 Å². The fourth-order valence-electron chi connectivity index (χ4n) is 1.84. The number of hydrogen-bond acceptors (Lipinski definition) is 7. The average Bonchev–Trinajstić information content (AvgIpc) is 2.36. The van der Waals surface area contributed by atoms with Crippen LogP contribution < -0.4 is 4.74 Å². The highest BCUT2D eigenvalue weighted by atomic mass is 79.9. The van der Waals surface area contributed by atoms with Gasteiger partial charge in [-0.2, -0.15) is 0 Å². The molecule has 0 aliphatic carbocycles. The maximum Gasteiger partial charge on any atom is 0.329 e. The molecule has 2 heterocycles. The lowest BCUT2D eigenvalue weighted by atomic mass is 9.97. The van der Waals surface area contributed by atoms with Gasteiger partial charge in [-0.05, 0) is 22.0 Å². The van der Waals surface area contributed by atoms with Crippen LogP contribution in [0.15, 0.2) is 16.9 Å². The standard InChI is InChI=1S/C13H13BrN2O5/c1-13(2)20-11(17)8(12(18)21-13)9(15)6-4-7(19-3)10(14)16-5-6/h4-5,8,15H,1-3H3. The maximum atomic E-state index is 11.9. The number of esters is 2. The number of cyclic esters (lactones) is 2. The molecule has 112 valence electrons. The van der Waals surface area contributed by atoms with E-state index in [1.807, 2.05) is 0 Å². The summed E-state index contributed by atoms with van der Waals surface area (Å²) in [5.74, 6) is -3.99. The Balaban J connectivity index is 2.32. The van der Waals surface area contributed by atoms with Crippen molar-refractivity contribution in [3.63, 3.8) is 0 Å². The molecule has 1 aromatic rings. The Morgan fingerprint density at radius 2 is 1.95 bits per heavy atom. The number of halogens is 1. The molecule has 1 aliphatic heterocycles. The lowest BCUT2D eigenvalue weighted by molar-refractivity contribution is -0.235. The van der Waals surface area contributed by atoms with E-state index in [0.29, 0.717) is 10.4 Å². The highest BCUT2D eigenvalue weighted by Crippen LogP contribution is 2.28. The van der Waals surface area contributed by atoms with Gasteiger partial charge in [-0.3, -0.25) is 9.59 Å². The third kappa shape index (κ3) is 3.05. The molecule has 7 nitrogen and oxygen atoms in total. The van der Waals surface area contributed by atoms with Crippen LogP contribution in [-0.2, 0) is 19.1 Å². The first-order valence-corrected chi connectivity index (χ1v) is 6.78. The number of methoxy groups -OCH3 is 1. The van der Waals surface area contributed by atoms with Crippen molar-refractivity contribution in [2.75, 3.05) is 7.11 Å². The van der Waals surface area contributed by atoms with Crippen LogP contribution in [0.25, 0.3) is 0 Å². The minimum Gasteiger partial charge on any atom is -0.494 e.